The predicted molar refractivity (Wildman–Crippen MR) is 108 cm³/mol. The fraction of sp³-hybridized carbons (Fsp3) is 0.500. The molecule has 1 aromatic rings. The molecule has 0 radical (unpaired) electrons. The quantitative estimate of drug-likeness (QED) is 0.708. The summed E-state index contributed by atoms with van der Waals surface area (Å²) in [6.07, 6.45) is 0.438. The Labute approximate surface area is 172 Å². The molecule has 5 nitrogen and oxygen atoms in total. The van der Waals surface area contributed by atoms with Crippen molar-refractivity contribution in [1.29, 1.82) is 5.41 Å². The van der Waals surface area contributed by atoms with E-state index in [0.717, 1.165) is 5.56 Å². The molecule has 10 heteroatoms. The van der Waals surface area contributed by atoms with Crippen molar-refractivity contribution in [3.63, 3.8) is 0 Å². The van der Waals surface area contributed by atoms with Gasteiger partial charge in [0.2, 0.25) is 0 Å². The van der Waals surface area contributed by atoms with Crippen LogP contribution in [-0.2, 0) is 9.84 Å². The summed E-state index contributed by atoms with van der Waals surface area (Å²) in [7, 11) is -3.58. The third-order valence-electron chi connectivity index (χ3n) is 5.09. The van der Waals surface area contributed by atoms with Crippen LogP contribution in [0.25, 0.3) is 0 Å². The van der Waals surface area contributed by atoms with Crippen molar-refractivity contribution in [2.24, 2.45) is 0 Å². The molecule has 2 aliphatic heterocycles. The number of rotatable bonds is 4. The van der Waals surface area contributed by atoms with Crippen molar-refractivity contribution >= 4 is 39.0 Å². The van der Waals surface area contributed by atoms with Gasteiger partial charge in [0.15, 0.2) is 9.84 Å². The molecular formula is C18H21ClF2N2O3S2. The number of sulfone groups is 1. The van der Waals surface area contributed by atoms with Crippen molar-refractivity contribution in [3.05, 3.63) is 39.8 Å². The summed E-state index contributed by atoms with van der Waals surface area (Å²) in [4.78, 5) is 0.656. The smallest absolute Gasteiger partial charge is 0.387 e. The van der Waals surface area contributed by atoms with E-state index in [1.807, 2.05) is 0 Å². The highest BCUT2D eigenvalue weighted by Gasteiger charge is 2.52. The number of benzene rings is 1. The van der Waals surface area contributed by atoms with Crippen LogP contribution in [0.4, 0.5) is 8.78 Å². The highest BCUT2D eigenvalue weighted by molar-refractivity contribution is 8.03. The highest BCUT2D eigenvalue weighted by atomic mass is 35.5. The van der Waals surface area contributed by atoms with Gasteiger partial charge < -0.3 is 10.1 Å². The topological polar surface area (TPSA) is 79.2 Å². The molecule has 1 saturated heterocycles. The van der Waals surface area contributed by atoms with Crippen molar-refractivity contribution in [2.75, 3.05) is 5.75 Å². The molecule has 154 valence electrons. The Hall–Kier alpha value is -1.32. The standard InChI is InChI=1S/C18H21ClF2N2O3S2/c1-17(2)15(22)23-18(3,9-28(17,24)25)14-12(19)8-13(27-14)10-5-4-6-11(7-10)26-16(20)21/h4-7,13,16H,8-9H2,1-3H3,(H2,22,23)/t13?,18-/m0/s1. The number of allylic oxidation sites excluding steroid dienone is 1. The molecule has 0 aliphatic carbocycles. The summed E-state index contributed by atoms with van der Waals surface area (Å²) in [6, 6.07) is 6.41. The lowest BCUT2D eigenvalue weighted by atomic mass is 9.99. The first-order valence-electron chi connectivity index (χ1n) is 8.56. The molecule has 1 fully saturated rings. The number of halogens is 3. The van der Waals surface area contributed by atoms with Gasteiger partial charge in [0.1, 0.15) is 16.3 Å². The summed E-state index contributed by atoms with van der Waals surface area (Å²) in [5, 5.41) is 11.6. The number of ether oxygens (including phenoxy) is 1. The van der Waals surface area contributed by atoms with E-state index in [9.17, 15) is 17.2 Å². The zero-order valence-electron chi connectivity index (χ0n) is 15.6. The first-order valence-corrected chi connectivity index (χ1v) is 11.5. The largest absolute Gasteiger partial charge is 0.435 e. The molecule has 1 aromatic carbocycles. The second-order valence-electron chi connectivity index (χ2n) is 7.60. The first-order chi connectivity index (χ1) is 12.9. The Morgan fingerprint density at radius 1 is 1.36 bits per heavy atom. The van der Waals surface area contributed by atoms with Crippen LogP contribution in [0.2, 0.25) is 0 Å². The number of hydrogen-bond acceptors (Lipinski definition) is 5. The normalized spacial score (nSPS) is 29.1. The zero-order valence-corrected chi connectivity index (χ0v) is 17.9. The van der Waals surface area contributed by atoms with E-state index in [1.54, 1.807) is 19.1 Å². The van der Waals surface area contributed by atoms with Gasteiger partial charge in [-0.25, -0.2) is 8.42 Å². The molecule has 2 atom stereocenters. The highest BCUT2D eigenvalue weighted by Crippen LogP contribution is 2.54. The Balaban J connectivity index is 1.86. The van der Waals surface area contributed by atoms with Gasteiger partial charge >= 0.3 is 6.61 Å². The fourth-order valence-electron chi connectivity index (χ4n) is 3.31. The number of amidine groups is 1. The Morgan fingerprint density at radius 3 is 2.64 bits per heavy atom. The molecule has 0 saturated carbocycles. The van der Waals surface area contributed by atoms with Gasteiger partial charge in [-0.05, 0) is 38.5 Å². The molecule has 28 heavy (non-hydrogen) atoms. The summed E-state index contributed by atoms with van der Waals surface area (Å²) < 4.78 is 53.6. The van der Waals surface area contributed by atoms with E-state index in [0.29, 0.717) is 16.4 Å². The average molecular weight is 451 g/mol. The lowest BCUT2D eigenvalue weighted by Crippen LogP contribution is -2.65. The molecule has 0 amide bonds. The Bertz CT molecular complexity index is 950. The van der Waals surface area contributed by atoms with E-state index in [-0.39, 0.29) is 22.6 Å². The maximum Gasteiger partial charge on any atom is 0.387 e. The first kappa shape index (κ1) is 21.4. The molecule has 3 rings (SSSR count). The third kappa shape index (κ3) is 3.76. The SMILES string of the molecule is CC1(C)C(=N)N[C@](C)(C2=C(Cl)CC(c3cccc(OC(F)F)c3)S2)CS1(=O)=O. The van der Waals surface area contributed by atoms with Crippen LogP contribution in [0.15, 0.2) is 34.2 Å². The van der Waals surface area contributed by atoms with Crippen molar-refractivity contribution < 1.29 is 21.9 Å². The lowest BCUT2D eigenvalue weighted by Gasteiger charge is -2.43. The van der Waals surface area contributed by atoms with E-state index in [1.165, 1.54) is 37.7 Å². The summed E-state index contributed by atoms with van der Waals surface area (Å²) in [5.41, 5.74) is -0.257. The lowest BCUT2D eigenvalue weighted by molar-refractivity contribution is -0.0498. The predicted octanol–water partition coefficient (Wildman–Crippen LogP) is 4.45. The Morgan fingerprint density at radius 2 is 2.04 bits per heavy atom. The van der Waals surface area contributed by atoms with Crippen molar-refractivity contribution in [1.82, 2.24) is 5.32 Å². The monoisotopic (exact) mass is 450 g/mol. The van der Waals surface area contributed by atoms with E-state index in [4.69, 9.17) is 17.0 Å². The number of nitrogens with one attached hydrogen (secondary N) is 2. The molecule has 2 aliphatic rings. The molecule has 1 unspecified atom stereocenters. The van der Waals surface area contributed by atoms with Crippen LogP contribution in [0.1, 0.15) is 38.0 Å². The zero-order chi connectivity index (χ0) is 20.9. The van der Waals surface area contributed by atoms with Crippen molar-refractivity contribution in [2.45, 2.75) is 49.3 Å². The summed E-state index contributed by atoms with van der Waals surface area (Å²) in [6.45, 7) is 1.82. The number of alkyl halides is 2. The second-order valence-corrected chi connectivity index (χ2v) is 11.8. The van der Waals surface area contributed by atoms with Gasteiger partial charge in [0, 0.05) is 21.6 Å². The van der Waals surface area contributed by atoms with Gasteiger partial charge in [-0.2, -0.15) is 8.78 Å². The minimum atomic E-state index is -3.58. The minimum absolute atomic E-state index is 0.0609. The van der Waals surface area contributed by atoms with E-state index < -0.39 is 26.7 Å². The van der Waals surface area contributed by atoms with Gasteiger partial charge in [-0.15, -0.1) is 11.8 Å². The minimum Gasteiger partial charge on any atom is -0.435 e. The molecule has 2 N–H and O–H groups in total. The molecule has 2 heterocycles. The van der Waals surface area contributed by atoms with Crippen LogP contribution < -0.4 is 10.1 Å². The summed E-state index contributed by atoms with van der Waals surface area (Å²) >= 11 is 7.87. The van der Waals surface area contributed by atoms with Gasteiger partial charge in [0.25, 0.3) is 0 Å². The molecule has 0 bridgehead atoms. The van der Waals surface area contributed by atoms with Crippen molar-refractivity contribution in [3.8, 4) is 5.75 Å². The van der Waals surface area contributed by atoms with Crippen LogP contribution in [0, 0.1) is 5.41 Å². The molecular weight excluding hydrogens is 430 g/mol. The van der Waals surface area contributed by atoms with Crippen LogP contribution in [0.5, 0.6) is 5.75 Å². The van der Waals surface area contributed by atoms with E-state index in [2.05, 4.69) is 10.1 Å². The van der Waals surface area contributed by atoms with Gasteiger partial charge in [-0.1, -0.05) is 23.7 Å². The van der Waals surface area contributed by atoms with E-state index >= 15 is 0 Å². The number of thioether (sulfide) groups is 1. The maximum atomic E-state index is 12.7. The Kier molecular flexibility index (Phi) is 5.48. The summed E-state index contributed by atoms with van der Waals surface area (Å²) in [5.74, 6) is -0.199. The van der Waals surface area contributed by atoms with Crippen LogP contribution in [-0.4, -0.2) is 36.9 Å². The molecule has 0 aromatic heterocycles. The van der Waals surface area contributed by atoms with Gasteiger partial charge in [0.05, 0.1) is 11.3 Å². The maximum absolute atomic E-state index is 12.7. The second kappa shape index (κ2) is 7.18. The fourth-order valence-corrected chi connectivity index (χ4v) is 7.10. The van der Waals surface area contributed by atoms with Gasteiger partial charge in [-0.3, -0.25) is 5.41 Å². The molecule has 0 spiro atoms. The van der Waals surface area contributed by atoms with Crippen LogP contribution in [0.3, 0.4) is 0 Å². The van der Waals surface area contributed by atoms with Crippen LogP contribution >= 0.6 is 23.4 Å². The third-order valence-corrected chi connectivity index (χ3v) is 9.91. The average Bonchev–Trinajstić information content (AvgIpc) is 2.95. The number of hydrogen-bond donors (Lipinski definition) is 2.